The topological polar surface area (TPSA) is 72.5 Å². The number of carbonyl (C=O) groups is 3. The van der Waals surface area contributed by atoms with Crippen LogP contribution in [0.4, 0.5) is 5.69 Å². The van der Waals surface area contributed by atoms with Crippen LogP contribution >= 0.6 is 0 Å². The van der Waals surface area contributed by atoms with Crippen molar-refractivity contribution in [1.29, 1.82) is 0 Å². The first-order chi connectivity index (χ1) is 15.1. The van der Waals surface area contributed by atoms with Gasteiger partial charge in [-0.3, -0.25) is 14.4 Å². The Hall–Kier alpha value is -3.73. The molecule has 1 N–H and O–H groups in total. The molecule has 0 aromatic heterocycles. The lowest BCUT2D eigenvalue weighted by atomic mass is 9.82. The van der Waals surface area contributed by atoms with Crippen molar-refractivity contribution < 1.29 is 19.1 Å². The van der Waals surface area contributed by atoms with E-state index < -0.39 is 28.6 Å². The second-order valence-corrected chi connectivity index (χ2v) is 8.01. The van der Waals surface area contributed by atoms with Crippen LogP contribution in [0.5, 0.6) is 5.75 Å². The summed E-state index contributed by atoms with van der Waals surface area (Å²) in [5.74, 6) is -1.56. The van der Waals surface area contributed by atoms with Gasteiger partial charge < -0.3 is 10.1 Å². The van der Waals surface area contributed by atoms with Gasteiger partial charge in [0.2, 0.25) is 5.91 Å². The predicted molar refractivity (Wildman–Crippen MR) is 116 cm³/mol. The first kappa shape index (κ1) is 19.2. The van der Waals surface area contributed by atoms with Crippen molar-refractivity contribution in [2.75, 3.05) is 5.32 Å². The van der Waals surface area contributed by atoms with Crippen LogP contribution in [0, 0.1) is 10.8 Å². The van der Waals surface area contributed by atoms with Gasteiger partial charge in [-0.25, -0.2) is 0 Å². The summed E-state index contributed by atoms with van der Waals surface area (Å²) in [5, 5.41) is 2.86. The molecule has 1 fully saturated rings. The normalized spacial score (nSPS) is 25.6. The van der Waals surface area contributed by atoms with Crippen LogP contribution in [0.2, 0.25) is 0 Å². The Morgan fingerprint density at radius 3 is 2.19 bits per heavy atom. The number of hydrogen-bond donors (Lipinski definition) is 1. The van der Waals surface area contributed by atoms with Gasteiger partial charge in [0.05, 0.1) is 5.41 Å². The third-order valence-corrected chi connectivity index (χ3v) is 6.69. The first-order valence-corrected chi connectivity index (χ1v) is 10.3. The molecule has 3 aromatic carbocycles. The number of hydrogen-bond acceptors (Lipinski definition) is 4. The highest BCUT2D eigenvalue weighted by molar-refractivity contribution is 6.23. The maximum atomic E-state index is 13.9. The fraction of sp³-hybridized carbons (Fsp3) is 0.192. The van der Waals surface area contributed by atoms with Crippen LogP contribution in [0.25, 0.3) is 0 Å². The zero-order valence-corrected chi connectivity index (χ0v) is 17.0. The number of rotatable bonds is 5. The molecule has 1 heterocycles. The van der Waals surface area contributed by atoms with Crippen molar-refractivity contribution in [3.63, 3.8) is 0 Å². The van der Waals surface area contributed by atoms with Crippen LogP contribution in [0.3, 0.4) is 0 Å². The van der Waals surface area contributed by atoms with E-state index in [-0.39, 0.29) is 5.78 Å². The third-order valence-electron chi connectivity index (χ3n) is 6.69. The molecule has 1 saturated carbocycles. The lowest BCUT2D eigenvalue weighted by Crippen LogP contribution is -2.42. The minimum Gasteiger partial charge on any atom is -0.425 e. The number of benzene rings is 3. The van der Waals surface area contributed by atoms with Gasteiger partial charge in [-0.1, -0.05) is 73.7 Å². The number of nitrogens with one attached hydrogen (secondary N) is 1. The standard InChI is InChI=1S/C26H21NO4/c1-2-25(22(28)17-11-5-3-6-12-17)21-19-15-9-10-16-20(19)31-24(30)26(21,25)23(29)27-18-13-7-4-8-14-18/h3-16,21H,2H2,1H3,(H,27,29). The van der Waals surface area contributed by atoms with E-state index in [0.29, 0.717) is 23.4 Å². The zero-order valence-electron chi connectivity index (χ0n) is 17.0. The predicted octanol–water partition coefficient (Wildman–Crippen LogP) is 4.61. The van der Waals surface area contributed by atoms with E-state index in [1.165, 1.54) is 0 Å². The fourth-order valence-electron chi connectivity index (χ4n) is 5.30. The Labute approximate surface area is 180 Å². The summed E-state index contributed by atoms with van der Waals surface area (Å²) in [6.07, 6.45) is 0.330. The number of ether oxygens (including phenoxy) is 1. The van der Waals surface area contributed by atoms with Gasteiger partial charge in [0.1, 0.15) is 5.75 Å². The summed E-state index contributed by atoms with van der Waals surface area (Å²) in [4.78, 5) is 41.0. The largest absolute Gasteiger partial charge is 0.425 e. The second kappa shape index (κ2) is 6.91. The second-order valence-electron chi connectivity index (χ2n) is 8.01. The van der Waals surface area contributed by atoms with E-state index in [4.69, 9.17) is 4.74 Å². The Morgan fingerprint density at radius 2 is 1.52 bits per heavy atom. The summed E-state index contributed by atoms with van der Waals surface area (Å²) in [7, 11) is 0. The Morgan fingerprint density at radius 1 is 0.903 bits per heavy atom. The molecular formula is C26H21NO4. The summed E-state index contributed by atoms with van der Waals surface area (Å²) in [6, 6.07) is 25.0. The molecular weight excluding hydrogens is 390 g/mol. The minimum atomic E-state index is -1.61. The molecule has 1 aliphatic heterocycles. The summed E-state index contributed by atoms with van der Waals surface area (Å²) in [5.41, 5.74) is -1.06. The Bertz CT molecular complexity index is 1190. The summed E-state index contributed by atoms with van der Waals surface area (Å²) < 4.78 is 5.64. The van der Waals surface area contributed by atoms with Gasteiger partial charge in [-0.15, -0.1) is 0 Å². The molecule has 3 atom stereocenters. The number of esters is 1. The van der Waals surface area contributed by atoms with E-state index >= 15 is 0 Å². The van der Waals surface area contributed by atoms with Gasteiger partial charge in [0.15, 0.2) is 11.2 Å². The van der Waals surface area contributed by atoms with E-state index in [2.05, 4.69) is 5.32 Å². The van der Waals surface area contributed by atoms with E-state index in [1.807, 2.05) is 31.2 Å². The molecule has 154 valence electrons. The molecule has 0 bridgehead atoms. The summed E-state index contributed by atoms with van der Waals surface area (Å²) >= 11 is 0. The first-order valence-electron chi connectivity index (χ1n) is 10.3. The van der Waals surface area contributed by atoms with Crippen molar-refractivity contribution in [2.24, 2.45) is 10.8 Å². The number of amides is 1. The van der Waals surface area contributed by atoms with Crippen molar-refractivity contribution in [3.05, 3.63) is 96.1 Å². The van der Waals surface area contributed by atoms with Crippen LogP contribution in [-0.2, 0) is 9.59 Å². The highest BCUT2D eigenvalue weighted by Gasteiger charge is 2.89. The SMILES string of the molecule is CCC1(C(=O)c2ccccc2)C2c3ccccc3OC(=O)C21C(=O)Nc1ccccc1. The average molecular weight is 411 g/mol. The maximum Gasteiger partial charge on any atom is 0.328 e. The number of Topliss-reactive ketones (excluding diaryl/α,β-unsaturated/α-hetero) is 1. The van der Waals surface area contributed by atoms with Gasteiger partial charge in [-0.2, -0.15) is 0 Å². The molecule has 31 heavy (non-hydrogen) atoms. The third kappa shape index (κ3) is 2.46. The van der Waals surface area contributed by atoms with Crippen molar-refractivity contribution in [1.82, 2.24) is 0 Å². The summed E-state index contributed by atoms with van der Waals surface area (Å²) in [6.45, 7) is 1.85. The molecule has 1 aliphatic carbocycles. The van der Waals surface area contributed by atoms with Gasteiger partial charge in [0.25, 0.3) is 0 Å². The molecule has 5 nitrogen and oxygen atoms in total. The molecule has 3 aromatic rings. The molecule has 5 rings (SSSR count). The molecule has 0 spiro atoms. The molecule has 5 heteroatoms. The number of anilines is 1. The zero-order chi connectivity index (χ0) is 21.6. The monoisotopic (exact) mass is 411 g/mol. The molecule has 2 aliphatic rings. The Kier molecular flexibility index (Phi) is 4.29. The van der Waals surface area contributed by atoms with Gasteiger partial charge >= 0.3 is 5.97 Å². The molecule has 0 radical (unpaired) electrons. The average Bonchev–Trinajstić information content (AvgIpc) is 3.47. The minimum absolute atomic E-state index is 0.211. The van der Waals surface area contributed by atoms with Crippen LogP contribution in [0.15, 0.2) is 84.9 Å². The van der Waals surface area contributed by atoms with E-state index in [9.17, 15) is 14.4 Å². The highest BCUT2D eigenvalue weighted by Crippen LogP contribution is 2.80. The van der Waals surface area contributed by atoms with E-state index in [0.717, 1.165) is 5.56 Å². The van der Waals surface area contributed by atoms with Gasteiger partial charge in [-0.05, 0) is 24.6 Å². The van der Waals surface area contributed by atoms with Gasteiger partial charge in [0, 0.05) is 22.7 Å². The van der Waals surface area contributed by atoms with Crippen molar-refractivity contribution >= 4 is 23.3 Å². The quantitative estimate of drug-likeness (QED) is 0.288. The van der Waals surface area contributed by atoms with Crippen molar-refractivity contribution in [3.8, 4) is 5.75 Å². The number of carbonyl (C=O) groups excluding carboxylic acids is 3. The number of para-hydroxylation sites is 2. The highest BCUT2D eigenvalue weighted by atomic mass is 16.5. The van der Waals surface area contributed by atoms with E-state index in [1.54, 1.807) is 60.7 Å². The Balaban J connectivity index is 1.68. The molecule has 1 amide bonds. The molecule has 3 unspecified atom stereocenters. The smallest absolute Gasteiger partial charge is 0.328 e. The lowest BCUT2D eigenvalue weighted by molar-refractivity contribution is -0.147. The van der Waals surface area contributed by atoms with Crippen molar-refractivity contribution in [2.45, 2.75) is 19.3 Å². The molecule has 0 saturated heterocycles. The fourth-order valence-corrected chi connectivity index (χ4v) is 5.30. The number of ketones is 1. The number of fused-ring (bicyclic) bond motifs is 3. The van der Waals surface area contributed by atoms with Crippen LogP contribution < -0.4 is 10.1 Å². The van der Waals surface area contributed by atoms with Crippen LogP contribution in [0.1, 0.15) is 35.2 Å². The maximum absolute atomic E-state index is 13.9. The lowest BCUT2D eigenvalue weighted by Gasteiger charge is -2.23. The van der Waals surface area contributed by atoms with Crippen LogP contribution in [-0.4, -0.2) is 17.7 Å².